The number of hydrogen-bond donors (Lipinski definition) is 1. The van der Waals surface area contributed by atoms with E-state index in [0.717, 1.165) is 21.9 Å². The van der Waals surface area contributed by atoms with E-state index in [2.05, 4.69) is 10.2 Å². The quantitative estimate of drug-likeness (QED) is 0.645. The normalized spacial score (nSPS) is 19.4. The third-order valence-corrected chi connectivity index (χ3v) is 6.33. The van der Waals surface area contributed by atoms with Crippen molar-refractivity contribution in [1.29, 1.82) is 0 Å². The Balaban J connectivity index is 1.14. The average molecular weight is 466 g/mol. The van der Waals surface area contributed by atoms with Crippen LogP contribution in [0.5, 0.6) is 17.2 Å². The maximum atomic E-state index is 12.9. The van der Waals surface area contributed by atoms with Crippen LogP contribution in [0, 0.1) is 0 Å². The summed E-state index contributed by atoms with van der Waals surface area (Å²) in [4.78, 5) is 43.3. The van der Waals surface area contributed by atoms with Crippen molar-refractivity contribution in [3.05, 3.63) is 48.0 Å². The van der Waals surface area contributed by atoms with Gasteiger partial charge in [-0.3, -0.25) is 14.5 Å². The van der Waals surface area contributed by atoms with Gasteiger partial charge in [-0.2, -0.15) is 0 Å². The number of benzene rings is 2. The lowest BCUT2D eigenvalue weighted by atomic mass is 10.1. The van der Waals surface area contributed by atoms with Gasteiger partial charge in [0.2, 0.25) is 12.7 Å². The van der Waals surface area contributed by atoms with Crippen molar-refractivity contribution in [2.24, 2.45) is 0 Å². The SMILES string of the molecule is COc1ccc(N2CCN(C(=O)C[C@H]3NC(=O)N(Cc4ccc5c(c4)OCO5)C3=O)CC2)cc1. The molecule has 4 amide bonds. The van der Waals surface area contributed by atoms with E-state index in [-0.39, 0.29) is 25.7 Å². The lowest BCUT2D eigenvalue weighted by molar-refractivity contribution is -0.136. The molecule has 0 saturated carbocycles. The minimum Gasteiger partial charge on any atom is -0.497 e. The average Bonchev–Trinajstić information content (AvgIpc) is 3.44. The predicted octanol–water partition coefficient (Wildman–Crippen LogP) is 1.58. The van der Waals surface area contributed by atoms with Crippen molar-refractivity contribution in [3.63, 3.8) is 0 Å². The number of carbonyl (C=O) groups is 3. The summed E-state index contributed by atoms with van der Waals surface area (Å²) in [6.07, 6.45) is -0.0508. The van der Waals surface area contributed by atoms with Gasteiger partial charge in [0.25, 0.3) is 5.91 Å². The van der Waals surface area contributed by atoms with Gasteiger partial charge in [0, 0.05) is 31.9 Å². The van der Waals surface area contributed by atoms with Gasteiger partial charge in [0.1, 0.15) is 11.8 Å². The van der Waals surface area contributed by atoms with Gasteiger partial charge in [-0.15, -0.1) is 0 Å². The van der Waals surface area contributed by atoms with Crippen molar-refractivity contribution in [2.75, 3.05) is 45.0 Å². The highest BCUT2D eigenvalue weighted by molar-refractivity contribution is 6.05. The molecule has 0 radical (unpaired) electrons. The van der Waals surface area contributed by atoms with Crippen molar-refractivity contribution >= 4 is 23.5 Å². The lowest BCUT2D eigenvalue weighted by Crippen LogP contribution is -2.50. The van der Waals surface area contributed by atoms with Crippen LogP contribution in [0.15, 0.2) is 42.5 Å². The molecule has 3 heterocycles. The highest BCUT2D eigenvalue weighted by Gasteiger charge is 2.40. The van der Waals surface area contributed by atoms with Crippen LogP contribution < -0.4 is 24.4 Å². The molecule has 2 aromatic rings. The molecule has 0 aliphatic carbocycles. The molecule has 2 fully saturated rings. The number of piperazine rings is 1. The van der Waals surface area contributed by atoms with Crippen LogP contribution >= 0.6 is 0 Å². The monoisotopic (exact) mass is 466 g/mol. The Morgan fingerprint density at radius 3 is 2.50 bits per heavy atom. The second kappa shape index (κ2) is 9.12. The zero-order valence-electron chi connectivity index (χ0n) is 18.9. The fraction of sp³-hybridized carbons (Fsp3) is 0.375. The Morgan fingerprint density at radius 1 is 1.03 bits per heavy atom. The van der Waals surface area contributed by atoms with Crippen LogP contribution in [0.25, 0.3) is 0 Å². The molecule has 3 aliphatic heterocycles. The number of hydrogen-bond acceptors (Lipinski definition) is 7. The molecule has 0 aromatic heterocycles. The maximum Gasteiger partial charge on any atom is 0.325 e. The minimum atomic E-state index is -0.853. The fourth-order valence-corrected chi connectivity index (χ4v) is 4.40. The van der Waals surface area contributed by atoms with Gasteiger partial charge in [-0.25, -0.2) is 4.79 Å². The first-order chi connectivity index (χ1) is 16.5. The van der Waals surface area contributed by atoms with Gasteiger partial charge >= 0.3 is 6.03 Å². The molecule has 1 N–H and O–H groups in total. The number of nitrogens with zero attached hydrogens (tertiary/aromatic N) is 3. The van der Waals surface area contributed by atoms with Crippen molar-refractivity contribution in [3.8, 4) is 17.2 Å². The summed E-state index contributed by atoms with van der Waals surface area (Å²) in [5.74, 6) is 1.49. The standard InChI is InChI=1S/C24H26N4O6/c1-32-18-5-3-17(4-6-18)26-8-10-27(11-9-26)22(29)13-19-23(30)28(24(31)25-19)14-16-2-7-20-21(12-16)34-15-33-20/h2-7,12,19H,8-11,13-15H2,1H3,(H,25,31)/t19-/m1/s1. The Bertz CT molecular complexity index is 1100. The minimum absolute atomic E-state index is 0.0508. The zero-order valence-corrected chi connectivity index (χ0v) is 18.9. The number of ether oxygens (including phenoxy) is 3. The second-order valence-corrected chi connectivity index (χ2v) is 8.38. The summed E-state index contributed by atoms with van der Waals surface area (Å²) < 4.78 is 15.9. The molecule has 1 atom stereocenters. The van der Waals surface area contributed by atoms with Gasteiger partial charge in [0.15, 0.2) is 11.5 Å². The highest BCUT2D eigenvalue weighted by atomic mass is 16.7. The predicted molar refractivity (Wildman–Crippen MR) is 122 cm³/mol. The number of methoxy groups -OCH3 is 1. The summed E-state index contributed by atoms with van der Waals surface area (Å²) in [5, 5.41) is 2.65. The fourth-order valence-electron chi connectivity index (χ4n) is 4.40. The van der Waals surface area contributed by atoms with Crippen molar-refractivity contribution in [1.82, 2.24) is 15.1 Å². The molecule has 0 spiro atoms. The van der Waals surface area contributed by atoms with E-state index in [1.807, 2.05) is 24.3 Å². The first-order valence-electron chi connectivity index (χ1n) is 11.2. The molecule has 3 aliphatic rings. The van der Waals surface area contributed by atoms with E-state index in [9.17, 15) is 14.4 Å². The van der Waals surface area contributed by atoms with Crippen LogP contribution in [-0.2, 0) is 16.1 Å². The molecule has 5 rings (SSSR count). The Kier molecular flexibility index (Phi) is 5.87. The Morgan fingerprint density at radius 2 is 1.76 bits per heavy atom. The molecule has 34 heavy (non-hydrogen) atoms. The number of imide groups is 1. The van der Waals surface area contributed by atoms with Crippen LogP contribution in [0.3, 0.4) is 0 Å². The third kappa shape index (κ3) is 4.30. The van der Waals surface area contributed by atoms with Gasteiger partial charge in [-0.05, 0) is 42.0 Å². The van der Waals surface area contributed by atoms with Crippen LogP contribution in [-0.4, -0.2) is 73.8 Å². The van der Waals surface area contributed by atoms with Gasteiger partial charge in [0.05, 0.1) is 20.1 Å². The maximum absolute atomic E-state index is 12.9. The number of anilines is 1. The summed E-state index contributed by atoms with van der Waals surface area (Å²) >= 11 is 0. The number of rotatable bonds is 6. The summed E-state index contributed by atoms with van der Waals surface area (Å²) in [6, 6.07) is 11.8. The van der Waals surface area contributed by atoms with E-state index in [0.29, 0.717) is 37.7 Å². The van der Waals surface area contributed by atoms with Gasteiger partial charge in [-0.1, -0.05) is 6.07 Å². The molecule has 0 unspecified atom stereocenters. The molecule has 0 bridgehead atoms. The molecule has 2 saturated heterocycles. The lowest BCUT2D eigenvalue weighted by Gasteiger charge is -2.36. The molecule has 10 nitrogen and oxygen atoms in total. The number of fused-ring (bicyclic) bond motifs is 1. The van der Waals surface area contributed by atoms with Crippen molar-refractivity contribution < 1.29 is 28.6 Å². The number of urea groups is 1. The number of amides is 4. The van der Waals surface area contributed by atoms with E-state index >= 15 is 0 Å². The second-order valence-electron chi connectivity index (χ2n) is 8.38. The van der Waals surface area contributed by atoms with E-state index < -0.39 is 18.0 Å². The Hall–Kier alpha value is -3.95. The van der Waals surface area contributed by atoms with E-state index in [1.54, 1.807) is 30.2 Å². The zero-order chi connectivity index (χ0) is 23.7. The summed E-state index contributed by atoms with van der Waals surface area (Å²) in [6.45, 7) is 2.76. The largest absolute Gasteiger partial charge is 0.497 e. The topological polar surface area (TPSA) is 101 Å². The van der Waals surface area contributed by atoms with Crippen LogP contribution in [0.4, 0.5) is 10.5 Å². The molecular weight excluding hydrogens is 440 g/mol. The summed E-state index contributed by atoms with van der Waals surface area (Å²) in [5.41, 5.74) is 1.82. The first-order valence-corrected chi connectivity index (χ1v) is 11.2. The molecule has 10 heteroatoms. The first kappa shape index (κ1) is 21.9. The van der Waals surface area contributed by atoms with Crippen LogP contribution in [0.2, 0.25) is 0 Å². The summed E-state index contributed by atoms with van der Waals surface area (Å²) in [7, 11) is 1.63. The highest BCUT2D eigenvalue weighted by Crippen LogP contribution is 2.33. The van der Waals surface area contributed by atoms with Crippen molar-refractivity contribution in [2.45, 2.75) is 19.0 Å². The Labute approximate surface area is 197 Å². The smallest absolute Gasteiger partial charge is 0.325 e. The molecule has 2 aromatic carbocycles. The number of nitrogens with one attached hydrogen (secondary N) is 1. The van der Waals surface area contributed by atoms with E-state index in [4.69, 9.17) is 14.2 Å². The van der Waals surface area contributed by atoms with Gasteiger partial charge < -0.3 is 29.3 Å². The number of carbonyl (C=O) groups excluding carboxylic acids is 3. The van der Waals surface area contributed by atoms with Crippen LogP contribution in [0.1, 0.15) is 12.0 Å². The molecule has 178 valence electrons. The third-order valence-electron chi connectivity index (χ3n) is 6.33. The molecular formula is C24H26N4O6. The van der Waals surface area contributed by atoms with E-state index in [1.165, 1.54) is 0 Å².